The SMILES string of the molecule is Fc1cccc(CSCC2CCCCN2)c1. The van der Waals surface area contributed by atoms with E-state index in [-0.39, 0.29) is 5.82 Å². The molecule has 1 nitrogen and oxygen atoms in total. The van der Waals surface area contributed by atoms with E-state index in [4.69, 9.17) is 0 Å². The average Bonchev–Trinajstić information content (AvgIpc) is 2.30. The van der Waals surface area contributed by atoms with E-state index in [2.05, 4.69) is 5.32 Å². The van der Waals surface area contributed by atoms with Crippen LogP contribution in [0.4, 0.5) is 4.39 Å². The molecule has 88 valence electrons. The van der Waals surface area contributed by atoms with Crippen LogP contribution in [0.5, 0.6) is 0 Å². The van der Waals surface area contributed by atoms with Crippen LogP contribution in [-0.2, 0) is 5.75 Å². The zero-order chi connectivity index (χ0) is 11.2. The Balaban J connectivity index is 1.71. The predicted octanol–water partition coefficient (Wildman–Crippen LogP) is 3.20. The van der Waals surface area contributed by atoms with Crippen molar-refractivity contribution in [2.45, 2.75) is 31.1 Å². The van der Waals surface area contributed by atoms with Crippen LogP contribution in [0.2, 0.25) is 0 Å². The molecule has 2 rings (SSSR count). The topological polar surface area (TPSA) is 12.0 Å². The lowest BCUT2D eigenvalue weighted by atomic mass is 10.1. The molecule has 1 fully saturated rings. The monoisotopic (exact) mass is 239 g/mol. The van der Waals surface area contributed by atoms with Crippen LogP contribution in [0.15, 0.2) is 24.3 Å². The molecule has 0 radical (unpaired) electrons. The number of benzene rings is 1. The Hall–Kier alpha value is -0.540. The Kier molecular flexibility index (Phi) is 4.67. The minimum absolute atomic E-state index is 0.131. The van der Waals surface area contributed by atoms with Gasteiger partial charge in [0.25, 0.3) is 0 Å². The van der Waals surface area contributed by atoms with Crippen LogP contribution < -0.4 is 5.32 Å². The van der Waals surface area contributed by atoms with Gasteiger partial charge in [-0.25, -0.2) is 4.39 Å². The lowest BCUT2D eigenvalue weighted by Crippen LogP contribution is -2.35. The van der Waals surface area contributed by atoms with Gasteiger partial charge in [0.15, 0.2) is 0 Å². The van der Waals surface area contributed by atoms with Gasteiger partial charge in [0.2, 0.25) is 0 Å². The predicted molar refractivity (Wildman–Crippen MR) is 68.2 cm³/mol. The quantitative estimate of drug-likeness (QED) is 0.866. The molecule has 3 heteroatoms. The van der Waals surface area contributed by atoms with Gasteiger partial charge in [0.05, 0.1) is 0 Å². The van der Waals surface area contributed by atoms with Crippen LogP contribution in [0.1, 0.15) is 24.8 Å². The van der Waals surface area contributed by atoms with Gasteiger partial charge < -0.3 is 5.32 Å². The highest BCUT2D eigenvalue weighted by Gasteiger charge is 2.11. The summed E-state index contributed by atoms with van der Waals surface area (Å²) in [5.41, 5.74) is 1.08. The fourth-order valence-electron chi connectivity index (χ4n) is 2.01. The van der Waals surface area contributed by atoms with Crippen LogP contribution in [0.3, 0.4) is 0 Å². The van der Waals surface area contributed by atoms with Crippen molar-refractivity contribution in [1.82, 2.24) is 5.32 Å². The van der Waals surface area contributed by atoms with Gasteiger partial charge in [0.1, 0.15) is 5.82 Å². The van der Waals surface area contributed by atoms with Crippen LogP contribution in [0, 0.1) is 5.82 Å². The summed E-state index contributed by atoms with van der Waals surface area (Å²) >= 11 is 1.89. The summed E-state index contributed by atoms with van der Waals surface area (Å²) in [5.74, 6) is 1.92. The van der Waals surface area contributed by atoms with Crippen molar-refractivity contribution in [2.24, 2.45) is 0 Å². The zero-order valence-corrected chi connectivity index (χ0v) is 10.2. The standard InChI is InChI=1S/C13H18FNS/c14-12-5-3-4-11(8-12)9-16-10-13-6-1-2-7-15-13/h3-5,8,13,15H,1-2,6-7,9-10H2. The van der Waals surface area contributed by atoms with Gasteiger partial charge in [-0.2, -0.15) is 11.8 Å². The molecule has 0 bridgehead atoms. The molecule has 0 spiro atoms. The normalized spacial score (nSPS) is 20.9. The molecule has 1 N–H and O–H groups in total. The second-order valence-electron chi connectivity index (χ2n) is 4.29. The van der Waals surface area contributed by atoms with E-state index in [0.717, 1.165) is 23.6 Å². The molecule has 0 amide bonds. The second kappa shape index (κ2) is 6.26. The van der Waals surface area contributed by atoms with Gasteiger partial charge in [-0.05, 0) is 37.1 Å². The Labute approximate surface area is 101 Å². The molecule has 0 aromatic heterocycles. The molecule has 1 unspecified atom stereocenters. The maximum Gasteiger partial charge on any atom is 0.123 e. The third-order valence-corrected chi connectivity index (χ3v) is 4.06. The molecule has 1 aromatic carbocycles. The Morgan fingerprint density at radius 1 is 1.38 bits per heavy atom. The third kappa shape index (κ3) is 3.80. The molecule has 0 aliphatic carbocycles. The summed E-state index contributed by atoms with van der Waals surface area (Å²) in [5, 5.41) is 3.52. The zero-order valence-electron chi connectivity index (χ0n) is 9.42. The van der Waals surface area contributed by atoms with Gasteiger partial charge >= 0.3 is 0 Å². The summed E-state index contributed by atoms with van der Waals surface area (Å²) in [7, 11) is 0. The fourth-order valence-corrected chi connectivity index (χ4v) is 3.11. The molecular formula is C13H18FNS. The van der Waals surface area contributed by atoms with Gasteiger partial charge in [-0.1, -0.05) is 18.6 Å². The van der Waals surface area contributed by atoms with E-state index in [0.29, 0.717) is 6.04 Å². The minimum atomic E-state index is -0.131. The summed E-state index contributed by atoms with van der Waals surface area (Å²) in [6.07, 6.45) is 3.94. The molecule has 1 aliphatic heterocycles. The second-order valence-corrected chi connectivity index (χ2v) is 5.32. The van der Waals surface area contributed by atoms with Gasteiger partial charge in [-0.15, -0.1) is 0 Å². The molecule has 1 aromatic rings. The smallest absolute Gasteiger partial charge is 0.123 e. The summed E-state index contributed by atoms with van der Waals surface area (Å²) in [6, 6.07) is 7.56. The molecule has 16 heavy (non-hydrogen) atoms. The number of rotatable bonds is 4. The summed E-state index contributed by atoms with van der Waals surface area (Å²) in [4.78, 5) is 0. The van der Waals surface area contributed by atoms with Gasteiger partial charge in [0, 0.05) is 17.5 Å². The van der Waals surface area contributed by atoms with Crippen LogP contribution in [-0.4, -0.2) is 18.3 Å². The first-order valence-electron chi connectivity index (χ1n) is 5.90. The molecular weight excluding hydrogens is 221 g/mol. The Bertz CT molecular complexity index is 323. The Morgan fingerprint density at radius 2 is 2.31 bits per heavy atom. The first kappa shape index (κ1) is 11.9. The highest BCUT2D eigenvalue weighted by Crippen LogP contribution is 2.17. The van der Waals surface area contributed by atoms with E-state index in [1.165, 1.54) is 25.3 Å². The number of nitrogens with one attached hydrogen (secondary N) is 1. The van der Waals surface area contributed by atoms with E-state index in [9.17, 15) is 4.39 Å². The number of hydrogen-bond acceptors (Lipinski definition) is 2. The molecule has 1 atom stereocenters. The molecule has 1 aliphatic rings. The first-order chi connectivity index (χ1) is 7.84. The van der Waals surface area contributed by atoms with Crippen molar-refractivity contribution in [2.75, 3.05) is 12.3 Å². The molecule has 1 heterocycles. The van der Waals surface area contributed by atoms with E-state index in [1.54, 1.807) is 12.1 Å². The summed E-state index contributed by atoms with van der Waals surface area (Å²) in [6.45, 7) is 1.16. The largest absolute Gasteiger partial charge is 0.313 e. The van der Waals surface area contributed by atoms with Crippen molar-refractivity contribution < 1.29 is 4.39 Å². The average molecular weight is 239 g/mol. The lowest BCUT2D eigenvalue weighted by molar-refractivity contribution is 0.430. The van der Waals surface area contributed by atoms with Crippen LogP contribution >= 0.6 is 11.8 Å². The maximum atomic E-state index is 12.9. The van der Waals surface area contributed by atoms with Crippen molar-refractivity contribution in [3.63, 3.8) is 0 Å². The molecule has 0 saturated carbocycles. The van der Waals surface area contributed by atoms with Crippen molar-refractivity contribution in [3.05, 3.63) is 35.6 Å². The lowest BCUT2D eigenvalue weighted by Gasteiger charge is -2.22. The fraction of sp³-hybridized carbons (Fsp3) is 0.538. The van der Waals surface area contributed by atoms with E-state index < -0.39 is 0 Å². The van der Waals surface area contributed by atoms with Crippen LogP contribution in [0.25, 0.3) is 0 Å². The highest BCUT2D eigenvalue weighted by atomic mass is 32.2. The van der Waals surface area contributed by atoms with Crippen molar-refractivity contribution in [3.8, 4) is 0 Å². The van der Waals surface area contributed by atoms with E-state index >= 15 is 0 Å². The van der Waals surface area contributed by atoms with Gasteiger partial charge in [-0.3, -0.25) is 0 Å². The maximum absolute atomic E-state index is 12.9. The summed E-state index contributed by atoms with van der Waals surface area (Å²) < 4.78 is 12.9. The number of piperidine rings is 1. The van der Waals surface area contributed by atoms with E-state index in [1.807, 2.05) is 17.8 Å². The van der Waals surface area contributed by atoms with Crippen molar-refractivity contribution in [1.29, 1.82) is 0 Å². The number of halogens is 1. The van der Waals surface area contributed by atoms with Crippen molar-refractivity contribution >= 4 is 11.8 Å². The highest BCUT2D eigenvalue weighted by molar-refractivity contribution is 7.98. The number of hydrogen-bond donors (Lipinski definition) is 1. The first-order valence-corrected chi connectivity index (χ1v) is 7.05. The third-order valence-electron chi connectivity index (χ3n) is 2.89. The Morgan fingerprint density at radius 3 is 3.06 bits per heavy atom. The minimum Gasteiger partial charge on any atom is -0.313 e. The number of thioether (sulfide) groups is 1. The molecule has 1 saturated heterocycles.